The third-order valence-electron chi connectivity index (χ3n) is 4.92. The Hall–Kier alpha value is -3.23. The van der Waals surface area contributed by atoms with E-state index in [1.165, 1.54) is 0 Å². The van der Waals surface area contributed by atoms with Crippen molar-refractivity contribution in [1.82, 2.24) is 0 Å². The van der Waals surface area contributed by atoms with Crippen LogP contribution in [0.15, 0.2) is 68.0 Å². The summed E-state index contributed by atoms with van der Waals surface area (Å²) >= 11 is 5.88. The molecule has 0 radical (unpaired) electrons. The van der Waals surface area contributed by atoms with Gasteiger partial charge in [0, 0.05) is 0 Å². The first-order valence-electron chi connectivity index (χ1n) is 9.18. The summed E-state index contributed by atoms with van der Waals surface area (Å²) in [5.41, 5.74) is 5.17. The molecule has 0 saturated heterocycles. The molecule has 2 N–H and O–H groups in total. The van der Waals surface area contributed by atoms with Crippen molar-refractivity contribution in [2.45, 2.75) is 5.92 Å². The number of ether oxygens (including phenoxy) is 2. The van der Waals surface area contributed by atoms with Gasteiger partial charge in [-0.05, 0) is 43.5 Å². The monoisotopic (exact) mass is 581 g/mol. The van der Waals surface area contributed by atoms with Crippen molar-refractivity contribution in [3.05, 3.63) is 85.2 Å². The Labute approximate surface area is 204 Å². The van der Waals surface area contributed by atoms with Crippen LogP contribution in [-0.2, 0) is 19.1 Å². The highest BCUT2D eigenvalue weighted by Crippen LogP contribution is 2.46. The highest BCUT2D eigenvalue weighted by atomic mass is 79.9. The van der Waals surface area contributed by atoms with E-state index in [2.05, 4.69) is 31.9 Å². The third-order valence-corrected chi connectivity index (χ3v) is 6.22. The van der Waals surface area contributed by atoms with E-state index in [4.69, 9.17) is 15.2 Å². The van der Waals surface area contributed by atoms with Crippen LogP contribution in [0.2, 0.25) is 0 Å². The SMILES string of the molecule is COC(=O)C1=C(C(=O)OC)N(c2c(F)cc(Br)c(F)c2Br)C(N)=C(C#N)C1c1ccccc1. The summed E-state index contributed by atoms with van der Waals surface area (Å²) in [6.45, 7) is 0. The second-order valence-corrected chi connectivity index (χ2v) is 8.30. The molecule has 0 spiro atoms. The Morgan fingerprint density at radius 2 is 1.73 bits per heavy atom. The fourth-order valence-corrected chi connectivity index (χ4v) is 4.75. The quantitative estimate of drug-likeness (QED) is 0.324. The number of rotatable bonds is 4. The molecule has 1 aliphatic rings. The standard InChI is InChI=1S/C22H15Br2F2N3O4/c1-32-21(30)15-14(10-6-4-3-5-7-10)11(9-27)20(28)29(19(15)22(31)33-2)18-13(25)8-12(23)17(26)16(18)24/h3-8,14H,28H2,1-2H3. The predicted molar refractivity (Wildman–Crippen MR) is 121 cm³/mol. The number of benzene rings is 2. The smallest absolute Gasteiger partial charge is 0.355 e. The zero-order valence-electron chi connectivity index (χ0n) is 17.2. The third kappa shape index (κ3) is 4.12. The average Bonchev–Trinajstić information content (AvgIpc) is 2.82. The second-order valence-electron chi connectivity index (χ2n) is 6.65. The molecule has 1 heterocycles. The lowest BCUT2D eigenvalue weighted by molar-refractivity contribution is -0.139. The first-order valence-corrected chi connectivity index (χ1v) is 10.8. The van der Waals surface area contributed by atoms with Gasteiger partial charge in [0.1, 0.15) is 23.0 Å². The van der Waals surface area contributed by atoms with Crippen molar-refractivity contribution in [1.29, 1.82) is 5.26 Å². The minimum absolute atomic E-state index is 0.177. The van der Waals surface area contributed by atoms with Crippen LogP contribution in [0.5, 0.6) is 0 Å². The van der Waals surface area contributed by atoms with Crippen LogP contribution < -0.4 is 10.6 Å². The highest BCUT2D eigenvalue weighted by molar-refractivity contribution is 9.11. The van der Waals surface area contributed by atoms with Gasteiger partial charge in [-0.1, -0.05) is 30.3 Å². The van der Waals surface area contributed by atoms with Gasteiger partial charge in [0.25, 0.3) is 0 Å². The molecule has 11 heteroatoms. The van der Waals surface area contributed by atoms with Crippen LogP contribution in [0.4, 0.5) is 14.5 Å². The predicted octanol–water partition coefficient (Wildman–Crippen LogP) is 4.39. The van der Waals surface area contributed by atoms with E-state index in [9.17, 15) is 19.2 Å². The number of methoxy groups -OCH3 is 2. The maximum atomic E-state index is 15.1. The molecule has 0 fully saturated rings. The summed E-state index contributed by atoms with van der Waals surface area (Å²) in [6.07, 6.45) is 0. The molecule has 1 aliphatic heterocycles. The van der Waals surface area contributed by atoms with Crippen molar-refractivity contribution in [3.63, 3.8) is 0 Å². The molecule has 33 heavy (non-hydrogen) atoms. The van der Waals surface area contributed by atoms with E-state index >= 15 is 4.39 Å². The Balaban J connectivity index is 2.50. The molecule has 0 amide bonds. The zero-order chi connectivity index (χ0) is 24.4. The summed E-state index contributed by atoms with van der Waals surface area (Å²) in [5.74, 6) is -5.47. The zero-order valence-corrected chi connectivity index (χ0v) is 20.3. The van der Waals surface area contributed by atoms with Crippen LogP contribution in [0.1, 0.15) is 11.5 Å². The van der Waals surface area contributed by atoms with Gasteiger partial charge in [0.2, 0.25) is 0 Å². The fourth-order valence-electron chi connectivity index (χ4n) is 3.51. The molecule has 0 aliphatic carbocycles. The lowest BCUT2D eigenvalue weighted by Crippen LogP contribution is -2.41. The summed E-state index contributed by atoms with van der Waals surface area (Å²) in [6, 6.07) is 11.1. The number of hydrogen-bond donors (Lipinski definition) is 1. The van der Waals surface area contributed by atoms with Gasteiger partial charge in [-0.25, -0.2) is 18.4 Å². The molecule has 1 atom stereocenters. The molecule has 0 saturated carbocycles. The Morgan fingerprint density at radius 1 is 1.12 bits per heavy atom. The normalized spacial score (nSPS) is 15.9. The highest BCUT2D eigenvalue weighted by Gasteiger charge is 2.44. The number of carbonyl (C=O) groups excluding carboxylic acids is 2. The van der Waals surface area contributed by atoms with Gasteiger partial charge in [0.15, 0.2) is 5.82 Å². The van der Waals surface area contributed by atoms with Gasteiger partial charge >= 0.3 is 11.9 Å². The van der Waals surface area contributed by atoms with Gasteiger partial charge in [-0.3, -0.25) is 4.90 Å². The van der Waals surface area contributed by atoms with Crippen molar-refractivity contribution < 1.29 is 27.8 Å². The number of anilines is 1. The lowest BCUT2D eigenvalue weighted by atomic mass is 9.81. The van der Waals surface area contributed by atoms with Crippen molar-refractivity contribution in [2.75, 3.05) is 19.1 Å². The number of nitriles is 1. The van der Waals surface area contributed by atoms with E-state index in [1.54, 1.807) is 30.3 Å². The van der Waals surface area contributed by atoms with E-state index < -0.39 is 45.3 Å². The Kier molecular flexibility index (Phi) is 7.19. The molecule has 170 valence electrons. The lowest BCUT2D eigenvalue weighted by Gasteiger charge is -2.36. The van der Waals surface area contributed by atoms with Crippen LogP contribution in [-0.4, -0.2) is 26.2 Å². The number of nitrogens with zero attached hydrogens (tertiary/aromatic N) is 2. The van der Waals surface area contributed by atoms with Crippen LogP contribution in [0.3, 0.4) is 0 Å². The second kappa shape index (κ2) is 9.72. The fraction of sp³-hybridized carbons (Fsp3) is 0.136. The van der Waals surface area contributed by atoms with Crippen LogP contribution in [0, 0.1) is 23.0 Å². The van der Waals surface area contributed by atoms with Crippen molar-refractivity contribution in [2.24, 2.45) is 5.73 Å². The minimum Gasteiger partial charge on any atom is -0.466 e. The first kappa shape index (κ1) is 24.4. The molecule has 3 rings (SSSR count). The maximum Gasteiger partial charge on any atom is 0.355 e. The number of nitrogens with two attached hydrogens (primary N) is 1. The van der Waals surface area contributed by atoms with E-state index in [1.807, 2.05) is 6.07 Å². The number of allylic oxidation sites excluding steroid dienone is 1. The van der Waals surface area contributed by atoms with Gasteiger partial charge in [-0.15, -0.1) is 0 Å². The van der Waals surface area contributed by atoms with E-state index in [0.717, 1.165) is 25.2 Å². The minimum atomic E-state index is -1.13. The summed E-state index contributed by atoms with van der Waals surface area (Å²) < 4.78 is 38.9. The summed E-state index contributed by atoms with van der Waals surface area (Å²) in [5, 5.41) is 9.96. The maximum absolute atomic E-state index is 15.1. The molecular formula is C22H15Br2F2N3O4. The molecular weight excluding hydrogens is 568 g/mol. The van der Waals surface area contributed by atoms with Crippen LogP contribution in [0.25, 0.3) is 0 Å². The van der Waals surface area contributed by atoms with E-state index in [0.29, 0.717) is 5.56 Å². The number of halogens is 4. The van der Waals surface area contributed by atoms with Crippen molar-refractivity contribution >= 4 is 49.5 Å². The van der Waals surface area contributed by atoms with Crippen molar-refractivity contribution in [3.8, 4) is 6.07 Å². The molecule has 2 aromatic carbocycles. The van der Waals surface area contributed by atoms with E-state index in [-0.39, 0.29) is 21.4 Å². The molecule has 7 nitrogen and oxygen atoms in total. The first-order chi connectivity index (χ1) is 15.7. The van der Waals surface area contributed by atoms with Gasteiger partial charge in [0.05, 0.1) is 46.3 Å². The Bertz CT molecular complexity index is 1260. The molecule has 2 aromatic rings. The largest absolute Gasteiger partial charge is 0.466 e. The number of esters is 2. The van der Waals surface area contributed by atoms with Gasteiger partial charge in [-0.2, -0.15) is 5.26 Å². The molecule has 1 unspecified atom stereocenters. The Morgan fingerprint density at radius 3 is 2.27 bits per heavy atom. The number of carbonyl (C=O) groups is 2. The average molecular weight is 583 g/mol. The summed E-state index contributed by atoms with van der Waals surface area (Å²) in [4.78, 5) is 26.7. The topological polar surface area (TPSA) is 106 Å². The van der Waals surface area contributed by atoms with Crippen LogP contribution >= 0.6 is 31.9 Å². The molecule has 0 aromatic heterocycles. The summed E-state index contributed by atoms with van der Waals surface area (Å²) in [7, 11) is 2.13. The molecule has 0 bridgehead atoms. The number of hydrogen-bond acceptors (Lipinski definition) is 7. The van der Waals surface area contributed by atoms with Gasteiger partial charge < -0.3 is 15.2 Å².